The Morgan fingerprint density at radius 1 is 1.23 bits per heavy atom. The first-order valence-corrected chi connectivity index (χ1v) is 9.90. The Hall–Kier alpha value is -3.81. The van der Waals surface area contributed by atoms with Crippen LogP contribution in [-0.2, 0) is 4.74 Å². The Morgan fingerprint density at radius 2 is 1.97 bits per heavy atom. The molecule has 0 aliphatic carbocycles. The second-order valence-electron chi connectivity index (χ2n) is 7.09. The van der Waals surface area contributed by atoms with Crippen LogP contribution in [0.3, 0.4) is 0 Å². The highest BCUT2D eigenvalue weighted by atomic mass is 16.5. The number of fused-ring (bicyclic) bond motifs is 1. The number of esters is 1. The molecule has 0 saturated carbocycles. The summed E-state index contributed by atoms with van der Waals surface area (Å²) < 4.78 is 11.0. The van der Waals surface area contributed by atoms with E-state index in [1.807, 2.05) is 0 Å². The number of aromatic hydroxyl groups is 1. The van der Waals surface area contributed by atoms with E-state index in [1.165, 1.54) is 12.1 Å². The highest BCUT2D eigenvalue weighted by molar-refractivity contribution is 6.07. The zero-order chi connectivity index (χ0) is 22.5. The highest BCUT2D eigenvalue weighted by Crippen LogP contribution is 2.33. The number of phenols is 1. The molecule has 0 bridgehead atoms. The quantitative estimate of drug-likeness (QED) is 0.499. The molecule has 0 radical (unpaired) electrons. The third-order valence-corrected chi connectivity index (χ3v) is 4.65. The summed E-state index contributed by atoms with van der Waals surface area (Å²) in [5, 5.41) is 12.9. The molecule has 0 saturated heterocycles. The number of carbonyl (C=O) groups excluding carboxylic acids is 2. The maximum atomic E-state index is 12.3. The lowest BCUT2D eigenvalue weighted by molar-refractivity contribution is 0.0526. The average molecular weight is 423 g/mol. The van der Waals surface area contributed by atoms with Crippen LogP contribution in [0.4, 0.5) is 5.69 Å². The van der Waals surface area contributed by atoms with Crippen LogP contribution in [0.1, 0.15) is 40.3 Å². The molecule has 0 spiro atoms. The number of rotatable bonds is 7. The summed E-state index contributed by atoms with van der Waals surface area (Å²) in [6.07, 6.45) is 0. The second kappa shape index (κ2) is 9.34. The molecule has 8 nitrogen and oxygen atoms in total. The van der Waals surface area contributed by atoms with Crippen LogP contribution in [0.5, 0.6) is 11.5 Å². The van der Waals surface area contributed by atoms with Crippen molar-refractivity contribution in [3.8, 4) is 11.5 Å². The van der Waals surface area contributed by atoms with Crippen LogP contribution in [-0.4, -0.2) is 41.2 Å². The van der Waals surface area contributed by atoms with E-state index in [9.17, 15) is 14.7 Å². The number of pyridine rings is 1. The molecule has 8 heteroatoms. The second-order valence-corrected chi connectivity index (χ2v) is 7.09. The molecular weight excluding hydrogens is 398 g/mol. The number of hydrogen-bond acceptors (Lipinski definition) is 7. The van der Waals surface area contributed by atoms with Gasteiger partial charge in [0, 0.05) is 5.56 Å². The zero-order valence-electron chi connectivity index (χ0n) is 17.6. The van der Waals surface area contributed by atoms with Crippen LogP contribution in [0.15, 0.2) is 42.5 Å². The lowest BCUT2D eigenvalue weighted by Gasteiger charge is -2.18. The SMILES string of the molecule is CCOC(=O)c1c(C)nc2cccc(OC[C@H](C)NC(=O)c3cccc(O)c3)c2c1N. The molecule has 0 fully saturated rings. The van der Waals surface area contributed by atoms with E-state index >= 15 is 0 Å². The number of benzene rings is 2. The predicted octanol–water partition coefficient (Wildman–Crippen LogP) is 3.21. The number of aromatic nitrogens is 1. The van der Waals surface area contributed by atoms with E-state index in [4.69, 9.17) is 15.2 Å². The van der Waals surface area contributed by atoms with Gasteiger partial charge >= 0.3 is 5.97 Å². The van der Waals surface area contributed by atoms with Crippen LogP contribution in [0.2, 0.25) is 0 Å². The van der Waals surface area contributed by atoms with Gasteiger partial charge in [-0.05, 0) is 51.1 Å². The number of phenolic OH excluding ortho intramolecular Hbond substituents is 1. The van der Waals surface area contributed by atoms with Crippen molar-refractivity contribution < 1.29 is 24.2 Å². The Morgan fingerprint density at radius 3 is 2.68 bits per heavy atom. The molecular formula is C23H25N3O5. The minimum atomic E-state index is -0.534. The summed E-state index contributed by atoms with van der Waals surface area (Å²) in [6.45, 7) is 5.60. The lowest BCUT2D eigenvalue weighted by atomic mass is 10.1. The number of anilines is 1. The summed E-state index contributed by atoms with van der Waals surface area (Å²) in [5.41, 5.74) is 8.20. The molecule has 4 N–H and O–H groups in total. The van der Waals surface area contributed by atoms with Gasteiger partial charge in [0.15, 0.2) is 0 Å². The van der Waals surface area contributed by atoms with Crippen molar-refractivity contribution in [1.82, 2.24) is 10.3 Å². The minimum Gasteiger partial charge on any atom is -0.508 e. The van der Waals surface area contributed by atoms with Crippen molar-refractivity contribution >= 4 is 28.5 Å². The van der Waals surface area contributed by atoms with Crippen molar-refractivity contribution in [3.63, 3.8) is 0 Å². The zero-order valence-corrected chi connectivity index (χ0v) is 17.6. The summed E-state index contributed by atoms with van der Waals surface area (Å²) in [7, 11) is 0. The fourth-order valence-corrected chi connectivity index (χ4v) is 3.23. The van der Waals surface area contributed by atoms with Crippen LogP contribution in [0, 0.1) is 6.92 Å². The fourth-order valence-electron chi connectivity index (χ4n) is 3.23. The molecule has 2 aromatic carbocycles. The van der Waals surface area contributed by atoms with E-state index in [0.717, 1.165) is 0 Å². The summed E-state index contributed by atoms with van der Waals surface area (Å²) >= 11 is 0. The van der Waals surface area contributed by atoms with Crippen molar-refractivity contribution in [2.24, 2.45) is 0 Å². The summed E-state index contributed by atoms with van der Waals surface area (Å²) in [4.78, 5) is 29.2. The van der Waals surface area contributed by atoms with Gasteiger partial charge in [0.1, 0.15) is 23.7 Å². The Labute approximate surface area is 180 Å². The first kappa shape index (κ1) is 21.9. The largest absolute Gasteiger partial charge is 0.508 e. The predicted molar refractivity (Wildman–Crippen MR) is 117 cm³/mol. The third kappa shape index (κ3) is 4.85. The molecule has 162 valence electrons. The van der Waals surface area contributed by atoms with E-state index in [-0.39, 0.29) is 42.2 Å². The van der Waals surface area contributed by atoms with Crippen molar-refractivity contribution in [2.75, 3.05) is 18.9 Å². The van der Waals surface area contributed by atoms with Crippen LogP contribution in [0.25, 0.3) is 10.9 Å². The number of ether oxygens (including phenoxy) is 2. The van der Waals surface area contributed by atoms with Gasteiger partial charge in [0.05, 0.1) is 34.9 Å². The van der Waals surface area contributed by atoms with Crippen LogP contribution >= 0.6 is 0 Å². The first-order chi connectivity index (χ1) is 14.8. The normalized spacial score (nSPS) is 11.7. The standard InChI is InChI=1S/C23H25N3O5/c1-4-30-23(29)19-14(3)26-17-9-6-10-18(20(17)21(19)24)31-12-13(2)25-22(28)15-7-5-8-16(27)11-15/h5-11,13,27H,4,12H2,1-3H3,(H2,24,26)(H,25,28)/t13-/m0/s1. The molecule has 1 aromatic heterocycles. The van der Waals surface area contributed by atoms with E-state index in [2.05, 4.69) is 10.3 Å². The molecule has 0 aliphatic heterocycles. The maximum absolute atomic E-state index is 12.3. The monoisotopic (exact) mass is 423 g/mol. The number of nitrogens with two attached hydrogens (primary N) is 1. The van der Waals surface area contributed by atoms with Gasteiger partial charge in [-0.1, -0.05) is 12.1 Å². The molecule has 3 rings (SSSR count). The summed E-state index contributed by atoms with van der Waals surface area (Å²) in [5.74, 6) is -0.394. The number of nitrogens with one attached hydrogen (secondary N) is 1. The molecule has 0 aliphatic rings. The van der Waals surface area contributed by atoms with Gasteiger partial charge in [-0.15, -0.1) is 0 Å². The first-order valence-electron chi connectivity index (χ1n) is 9.90. The Balaban J connectivity index is 1.80. The molecule has 0 unspecified atom stereocenters. The minimum absolute atomic E-state index is 0.0166. The lowest BCUT2D eigenvalue weighted by Crippen LogP contribution is -2.36. The maximum Gasteiger partial charge on any atom is 0.342 e. The van der Waals surface area contributed by atoms with Gasteiger partial charge in [-0.25, -0.2) is 4.79 Å². The number of amides is 1. The molecule has 31 heavy (non-hydrogen) atoms. The summed E-state index contributed by atoms with van der Waals surface area (Å²) in [6, 6.07) is 11.0. The topological polar surface area (TPSA) is 124 Å². The number of nitrogens with zero attached hydrogens (tertiary/aromatic N) is 1. The third-order valence-electron chi connectivity index (χ3n) is 4.65. The Bertz CT molecular complexity index is 1130. The molecule has 1 amide bonds. The smallest absolute Gasteiger partial charge is 0.342 e. The number of hydrogen-bond donors (Lipinski definition) is 3. The number of carbonyl (C=O) groups is 2. The van der Waals surface area contributed by atoms with Crippen molar-refractivity contribution in [2.45, 2.75) is 26.8 Å². The molecule has 1 heterocycles. The van der Waals surface area contributed by atoms with Crippen LogP contribution < -0.4 is 15.8 Å². The van der Waals surface area contributed by atoms with Crippen molar-refractivity contribution in [1.29, 1.82) is 0 Å². The van der Waals surface area contributed by atoms with E-state index in [0.29, 0.717) is 27.9 Å². The van der Waals surface area contributed by atoms with Crippen molar-refractivity contribution in [3.05, 3.63) is 59.3 Å². The fraction of sp³-hybridized carbons (Fsp3) is 0.261. The van der Waals surface area contributed by atoms with Gasteiger partial charge in [0.25, 0.3) is 5.91 Å². The highest BCUT2D eigenvalue weighted by Gasteiger charge is 2.21. The number of nitrogen functional groups attached to an aromatic ring is 1. The van der Waals surface area contributed by atoms with Gasteiger partial charge in [-0.3, -0.25) is 9.78 Å². The van der Waals surface area contributed by atoms with E-state index < -0.39 is 5.97 Å². The number of aryl methyl sites for hydroxylation is 1. The average Bonchev–Trinajstić information content (AvgIpc) is 2.72. The van der Waals surface area contributed by atoms with Gasteiger partial charge in [-0.2, -0.15) is 0 Å². The van der Waals surface area contributed by atoms with Gasteiger partial charge < -0.3 is 25.6 Å². The van der Waals surface area contributed by atoms with E-state index in [1.54, 1.807) is 51.1 Å². The Kier molecular flexibility index (Phi) is 6.59. The van der Waals surface area contributed by atoms with Gasteiger partial charge in [0.2, 0.25) is 0 Å². The molecule has 3 aromatic rings. The molecule has 1 atom stereocenters.